The Hall–Kier alpha value is -2.35. The average molecular weight is 634 g/mol. The molecular formula is C32H36BF3KN3O4. The van der Waals surface area contributed by atoms with Gasteiger partial charge in [-0.1, -0.05) is 60.7 Å². The second-order valence-corrected chi connectivity index (χ2v) is 12.1. The molecule has 0 atom stereocenters. The van der Waals surface area contributed by atoms with Crippen molar-refractivity contribution in [3.63, 3.8) is 0 Å². The monoisotopic (exact) mass is 633 g/mol. The molecule has 7 nitrogen and oxygen atoms in total. The zero-order valence-electron chi connectivity index (χ0n) is 25.8. The van der Waals surface area contributed by atoms with Crippen LogP contribution in [0.25, 0.3) is 11.1 Å². The number of hydrogen-bond acceptors (Lipinski definition) is 5. The first-order chi connectivity index (χ1) is 20.3. The Morgan fingerprint density at radius 2 is 1.50 bits per heavy atom. The van der Waals surface area contributed by atoms with E-state index in [1.54, 1.807) is 32.6 Å². The fourth-order valence-corrected chi connectivity index (χ4v) is 5.68. The van der Waals surface area contributed by atoms with E-state index in [0.717, 1.165) is 34.4 Å². The number of benzene rings is 3. The van der Waals surface area contributed by atoms with Crippen LogP contribution in [-0.2, 0) is 16.0 Å². The number of fused-ring (bicyclic) bond motifs is 3. The maximum atomic E-state index is 14.0. The van der Waals surface area contributed by atoms with Crippen LogP contribution in [0, 0.1) is 6.92 Å². The van der Waals surface area contributed by atoms with E-state index in [-0.39, 0.29) is 76.1 Å². The summed E-state index contributed by atoms with van der Waals surface area (Å²) < 4.78 is 52.9. The molecular weight excluding hydrogens is 597 g/mol. The number of ether oxygens (including phenoxy) is 2. The fourth-order valence-electron chi connectivity index (χ4n) is 5.68. The predicted octanol–water partition coefficient (Wildman–Crippen LogP) is 3.47. The molecule has 44 heavy (non-hydrogen) atoms. The van der Waals surface area contributed by atoms with E-state index in [1.807, 2.05) is 53.4 Å². The van der Waals surface area contributed by atoms with Crippen molar-refractivity contribution in [3.05, 3.63) is 82.9 Å². The molecule has 0 saturated carbocycles. The minimum atomic E-state index is -5.31. The van der Waals surface area contributed by atoms with Crippen LogP contribution in [0.2, 0.25) is 0 Å². The van der Waals surface area contributed by atoms with E-state index < -0.39 is 30.2 Å². The maximum absolute atomic E-state index is 14.0. The summed E-state index contributed by atoms with van der Waals surface area (Å²) in [6, 6.07) is 18.0. The van der Waals surface area contributed by atoms with Crippen molar-refractivity contribution in [1.29, 1.82) is 0 Å². The first-order valence-electron chi connectivity index (χ1n) is 14.5. The van der Waals surface area contributed by atoms with Crippen molar-refractivity contribution in [2.75, 3.05) is 38.1 Å². The first-order valence-corrected chi connectivity index (χ1v) is 14.5. The average Bonchev–Trinajstić information content (AvgIpc) is 3.26. The Balaban J connectivity index is 0.00000442. The minimum absolute atomic E-state index is 0. The van der Waals surface area contributed by atoms with Gasteiger partial charge in [-0.3, -0.25) is 10.2 Å². The molecule has 3 aromatic rings. The molecule has 0 aromatic heterocycles. The number of anilines is 1. The van der Waals surface area contributed by atoms with Crippen LogP contribution in [0.15, 0.2) is 60.7 Å². The molecule has 1 N–H and O–H groups in total. The number of piperazine rings is 1. The third-order valence-electron chi connectivity index (χ3n) is 7.91. The molecule has 2 amide bonds. The number of rotatable bonds is 6. The summed E-state index contributed by atoms with van der Waals surface area (Å²) in [5.74, 6) is -0.168. The van der Waals surface area contributed by atoms with Gasteiger partial charge >= 0.3 is 70.5 Å². The van der Waals surface area contributed by atoms with Gasteiger partial charge in [0, 0.05) is 44.3 Å². The number of carbonyl (C=O) groups is 2. The molecule has 3 aromatic carbocycles. The SMILES string of the molecule is Cc1c(CN2CCN(C(=O)OC(C)(C)C)CC2)cc([B-](F)(F)F)cc1NC(=O)OCC1c2ccccc2-c2ccccc21.[K+]. The second-order valence-electron chi connectivity index (χ2n) is 12.1. The summed E-state index contributed by atoms with van der Waals surface area (Å²) in [5.41, 5.74) is 3.91. The molecule has 12 heteroatoms. The van der Waals surface area contributed by atoms with Crippen molar-refractivity contribution in [2.45, 2.75) is 45.8 Å². The molecule has 1 fully saturated rings. The normalized spacial score (nSPS) is 15.2. The number of hydrogen-bond donors (Lipinski definition) is 1. The molecule has 1 aliphatic heterocycles. The molecule has 5 rings (SSSR count). The number of amides is 2. The van der Waals surface area contributed by atoms with Gasteiger partial charge in [0.05, 0.1) is 0 Å². The van der Waals surface area contributed by atoms with E-state index >= 15 is 0 Å². The fraction of sp³-hybridized carbons (Fsp3) is 0.375. The van der Waals surface area contributed by atoms with Gasteiger partial charge in [0.2, 0.25) is 0 Å². The van der Waals surface area contributed by atoms with Crippen molar-refractivity contribution >= 4 is 30.3 Å². The number of nitrogens with one attached hydrogen (secondary N) is 1. The minimum Gasteiger partial charge on any atom is -0.448 e. The summed E-state index contributed by atoms with van der Waals surface area (Å²) in [6.45, 7) is 3.84. The van der Waals surface area contributed by atoms with E-state index in [2.05, 4.69) is 5.32 Å². The van der Waals surface area contributed by atoms with Crippen LogP contribution in [0.3, 0.4) is 0 Å². The molecule has 1 saturated heterocycles. The van der Waals surface area contributed by atoms with Crippen molar-refractivity contribution in [2.24, 2.45) is 0 Å². The van der Waals surface area contributed by atoms with Gasteiger partial charge in [-0.05, 0) is 61.1 Å². The van der Waals surface area contributed by atoms with Crippen LogP contribution >= 0.6 is 0 Å². The number of nitrogens with zero attached hydrogens (tertiary/aromatic N) is 2. The van der Waals surface area contributed by atoms with Gasteiger partial charge in [-0.15, -0.1) is 5.46 Å². The summed E-state index contributed by atoms with van der Waals surface area (Å²) in [7, 11) is 0. The molecule has 2 aliphatic rings. The Bertz CT molecular complexity index is 1480. The topological polar surface area (TPSA) is 71.1 Å². The number of halogens is 3. The van der Waals surface area contributed by atoms with Crippen LogP contribution in [-0.4, -0.2) is 67.4 Å². The van der Waals surface area contributed by atoms with Gasteiger partial charge in [0.15, 0.2) is 0 Å². The van der Waals surface area contributed by atoms with Crippen LogP contribution in [0.5, 0.6) is 0 Å². The van der Waals surface area contributed by atoms with Gasteiger partial charge < -0.3 is 27.3 Å². The summed E-state index contributed by atoms with van der Waals surface area (Å²) in [6.07, 6.45) is -1.21. The van der Waals surface area contributed by atoms with E-state index in [1.165, 1.54) is 0 Å². The standard InChI is InChI=1S/C32H36BF3N3O4.K/c1-21-22(19-38-13-15-39(16-14-38)31(41)43-32(2,3)4)17-23(33(34,35)36)18-29(21)37-30(40)42-20-28-26-11-7-5-9-24(26)25-10-6-8-12-27(25)28;/h5-12,17-18,28H,13-16,19-20H2,1-4H3,(H,37,40);/q-1;+1. The third-order valence-corrected chi connectivity index (χ3v) is 7.91. The molecule has 228 valence electrons. The molecule has 0 radical (unpaired) electrons. The van der Waals surface area contributed by atoms with Gasteiger partial charge in [-0.2, -0.15) is 0 Å². The Morgan fingerprint density at radius 3 is 2.05 bits per heavy atom. The zero-order chi connectivity index (χ0) is 30.9. The first kappa shape index (κ1) is 34.5. The van der Waals surface area contributed by atoms with Crippen molar-refractivity contribution in [3.8, 4) is 11.1 Å². The second kappa shape index (κ2) is 14.0. The Morgan fingerprint density at radius 1 is 0.932 bits per heavy atom. The number of carbonyl (C=O) groups excluding carboxylic acids is 2. The van der Waals surface area contributed by atoms with Gasteiger partial charge in [0.25, 0.3) is 0 Å². The van der Waals surface area contributed by atoms with E-state index in [9.17, 15) is 22.5 Å². The predicted molar refractivity (Wildman–Crippen MR) is 162 cm³/mol. The van der Waals surface area contributed by atoms with Crippen molar-refractivity contribution in [1.82, 2.24) is 9.80 Å². The molecule has 1 heterocycles. The Labute approximate surface area is 298 Å². The van der Waals surface area contributed by atoms with Gasteiger partial charge in [-0.25, -0.2) is 9.59 Å². The summed E-state index contributed by atoms with van der Waals surface area (Å²) in [5, 5.41) is 2.58. The van der Waals surface area contributed by atoms with Crippen LogP contribution in [0.1, 0.15) is 48.9 Å². The third kappa shape index (κ3) is 8.07. The molecule has 0 unspecified atom stereocenters. The van der Waals surface area contributed by atoms with Gasteiger partial charge in [0.1, 0.15) is 12.2 Å². The largest absolute Gasteiger partial charge is 1.00 e. The summed E-state index contributed by atoms with van der Waals surface area (Å²) >= 11 is 0. The van der Waals surface area contributed by atoms with Crippen LogP contribution < -0.4 is 62.2 Å². The molecule has 0 bridgehead atoms. The quantitative estimate of drug-likeness (QED) is 0.422. The smallest absolute Gasteiger partial charge is 0.448 e. The van der Waals surface area contributed by atoms with E-state index in [4.69, 9.17) is 9.47 Å². The molecule has 0 spiro atoms. The molecule has 1 aliphatic carbocycles. The zero-order valence-corrected chi connectivity index (χ0v) is 29.0. The summed E-state index contributed by atoms with van der Waals surface area (Å²) in [4.78, 5) is 28.9. The van der Waals surface area contributed by atoms with E-state index in [0.29, 0.717) is 37.3 Å². The Kier molecular flexibility index (Phi) is 11.0. The van der Waals surface area contributed by atoms with Crippen molar-refractivity contribution < 1.29 is 83.4 Å². The maximum Gasteiger partial charge on any atom is 1.00 e. The van der Waals surface area contributed by atoms with Crippen LogP contribution in [0.4, 0.5) is 28.2 Å².